The Hall–Kier alpha value is -1.47. The van der Waals surface area contributed by atoms with E-state index >= 15 is 0 Å². The Balaban J connectivity index is 3.14. The molecule has 1 N–H and O–H groups in total. The van der Waals surface area contributed by atoms with Crippen LogP contribution in [0.15, 0.2) is 17.0 Å². The SMILES string of the molecule is Cc1c(F)cc(C(=O)O)cc1S(=O)(=O)CCOC(C)C. The molecule has 7 heteroatoms. The average Bonchev–Trinajstić information content (AvgIpc) is 2.31. The third kappa shape index (κ3) is 4.01. The van der Waals surface area contributed by atoms with Crippen molar-refractivity contribution in [2.45, 2.75) is 31.8 Å². The molecule has 0 fully saturated rings. The molecule has 0 unspecified atom stereocenters. The Morgan fingerprint density at radius 1 is 1.40 bits per heavy atom. The molecule has 0 bridgehead atoms. The van der Waals surface area contributed by atoms with Crippen molar-refractivity contribution in [1.82, 2.24) is 0 Å². The first kappa shape index (κ1) is 16.6. The number of hydrogen-bond acceptors (Lipinski definition) is 4. The maximum atomic E-state index is 13.6. The average molecular weight is 304 g/mol. The van der Waals surface area contributed by atoms with Gasteiger partial charge in [0, 0.05) is 5.56 Å². The molecule has 112 valence electrons. The van der Waals surface area contributed by atoms with Gasteiger partial charge in [-0.1, -0.05) is 0 Å². The van der Waals surface area contributed by atoms with Gasteiger partial charge in [-0.3, -0.25) is 0 Å². The number of hydrogen-bond donors (Lipinski definition) is 1. The van der Waals surface area contributed by atoms with Gasteiger partial charge in [-0.2, -0.15) is 0 Å². The van der Waals surface area contributed by atoms with Crippen LogP contribution in [0, 0.1) is 12.7 Å². The van der Waals surface area contributed by atoms with Crippen LogP contribution in [0.2, 0.25) is 0 Å². The van der Waals surface area contributed by atoms with Gasteiger partial charge in [0.2, 0.25) is 0 Å². The summed E-state index contributed by atoms with van der Waals surface area (Å²) in [5.74, 6) is -2.55. The molecular weight excluding hydrogens is 287 g/mol. The van der Waals surface area contributed by atoms with Gasteiger partial charge < -0.3 is 9.84 Å². The summed E-state index contributed by atoms with van der Waals surface area (Å²) in [6, 6.07) is 1.78. The molecule has 0 amide bonds. The largest absolute Gasteiger partial charge is 0.478 e. The van der Waals surface area contributed by atoms with E-state index < -0.39 is 27.2 Å². The zero-order valence-electron chi connectivity index (χ0n) is 11.5. The molecule has 0 radical (unpaired) electrons. The molecule has 1 aromatic rings. The van der Waals surface area contributed by atoms with E-state index in [0.717, 1.165) is 12.1 Å². The Labute approximate surface area is 117 Å². The van der Waals surface area contributed by atoms with E-state index in [1.165, 1.54) is 6.92 Å². The molecule has 5 nitrogen and oxygen atoms in total. The molecule has 0 saturated carbocycles. The minimum absolute atomic E-state index is 0.0294. The van der Waals surface area contributed by atoms with Crippen LogP contribution >= 0.6 is 0 Å². The predicted molar refractivity (Wildman–Crippen MR) is 71.2 cm³/mol. The molecule has 0 spiro atoms. The molecule has 0 aliphatic carbocycles. The van der Waals surface area contributed by atoms with Crippen molar-refractivity contribution in [2.24, 2.45) is 0 Å². The molecule has 0 heterocycles. The number of rotatable bonds is 6. The number of carbonyl (C=O) groups is 1. The lowest BCUT2D eigenvalue weighted by Crippen LogP contribution is -2.17. The Morgan fingerprint density at radius 3 is 2.50 bits per heavy atom. The van der Waals surface area contributed by atoms with Crippen LogP contribution in [0.4, 0.5) is 4.39 Å². The van der Waals surface area contributed by atoms with Crippen LogP contribution in [0.5, 0.6) is 0 Å². The third-order valence-electron chi connectivity index (χ3n) is 2.68. The topological polar surface area (TPSA) is 80.7 Å². The van der Waals surface area contributed by atoms with Crippen LogP contribution in [0.1, 0.15) is 29.8 Å². The lowest BCUT2D eigenvalue weighted by atomic mass is 10.1. The van der Waals surface area contributed by atoms with Crippen molar-refractivity contribution in [3.63, 3.8) is 0 Å². The van der Waals surface area contributed by atoms with Gasteiger partial charge in [0.05, 0.1) is 28.9 Å². The van der Waals surface area contributed by atoms with Gasteiger partial charge in [-0.25, -0.2) is 17.6 Å². The highest BCUT2D eigenvalue weighted by Gasteiger charge is 2.22. The summed E-state index contributed by atoms with van der Waals surface area (Å²) in [5.41, 5.74) is -0.476. The van der Waals surface area contributed by atoms with E-state index in [-0.39, 0.29) is 28.9 Å². The zero-order valence-corrected chi connectivity index (χ0v) is 12.3. The van der Waals surface area contributed by atoms with Crippen molar-refractivity contribution in [3.8, 4) is 0 Å². The Bertz CT molecular complexity index is 607. The molecule has 0 aliphatic rings. The lowest BCUT2D eigenvalue weighted by Gasteiger charge is -2.11. The maximum absolute atomic E-state index is 13.6. The molecule has 0 saturated heterocycles. The van der Waals surface area contributed by atoms with Crippen molar-refractivity contribution in [2.75, 3.05) is 12.4 Å². The number of carboxylic acid groups (broad SMARTS) is 1. The number of carboxylic acids is 1. The van der Waals surface area contributed by atoms with E-state index in [4.69, 9.17) is 9.84 Å². The van der Waals surface area contributed by atoms with Gasteiger partial charge in [0.1, 0.15) is 5.82 Å². The maximum Gasteiger partial charge on any atom is 0.335 e. The molecule has 1 aromatic carbocycles. The number of aromatic carboxylic acids is 1. The monoisotopic (exact) mass is 304 g/mol. The summed E-state index contributed by atoms with van der Waals surface area (Å²) in [7, 11) is -3.79. The normalized spacial score (nSPS) is 11.8. The van der Waals surface area contributed by atoms with Gasteiger partial charge in [-0.15, -0.1) is 0 Å². The van der Waals surface area contributed by atoms with Crippen LogP contribution < -0.4 is 0 Å². The lowest BCUT2D eigenvalue weighted by molar-refractivity contribution is 0.0696. The van der Waals surface area contributed by atoms with E-state index in [9.17, 15) is 17.6 Å². The summed E-state index contributed by atoms with van der Waals surface area (Å²) < 4.78 is 43.0. The Kier molecular flexibility index (Phi) is 5.24. The fraction of sp³-hybridized carbons (Fsp3) is 0.462. The summed E-state index contributed by atoms with van der Waals surface area (Å²) in [5, 5.41) is 8.85. The second-order valence-corrected chi connectivity index (χ2v) is 6.70. The summed E-state index contributed by atoms with van der Waals surface area (Å²) >= 11 is 0. The van der Waals surface area contributed by atoms with Crippen LogP contribution in [-0.2, 0) is 14.6 Å². The third-order valence-corrected chi connectivity index (χ3v) is 4.48. The van der Waals surface area contributed by atoms with Crippen molar-refractivity contribution >= 4 is 15.8 Å². The van der Waals surface area contributed by atoms with Gasteiger partial charge >= 0.3 is 5.97 Å². The first-order chi connectivity index (χ1) is 9.15. The quantitative estimate of drug-likeness (QED) is 0.869. The molecule has 0 aliphatic heterocycles. The summed E-state index contributed by atoms with van der Waals surface area (Å²) in [6.07, 6.45) is -0.117. The number of sulfone groups is 1. The highest BCUT2D eigenvalue weighted by Crippen LogP contribution is 2.22. The first-order valence-electron chi connectivity index (χ1n) is 6.03. The first-order valence-corrected chi connectivity index (χ1v) is 7.68. The molecule has 20 heavy (non-hydrogen) atoms. The fourth-order valence-electron chi connectivity index (χ4n) is 1.60. The van der Waals surface area contributed by atoms with Crippen LogP contribution in [0.3, 0.4) is 0 Å². The van der Waals surface area contributed by atoms with Crippen molar-refractivity contribution < 1.29 is 27.4 Å². The standard InChI is InChI=1S/C13H17FO5S/c1-8(2)19-4-5-20(17,18)12-7-10(13(15)16)6-11(14)9(12)3/h6-8H,4-5H2,1-3H3,(H,15,16). The molecule has 0 aromatic heterocycles. The second-order valence-electron chi connectivity index (χ2n) is 4.62. The van der Waals surface area contributed by atoms with E-state index in [0.29, 0.717) is 0 Å². The van der Waals surface area contributed by atoms with Gasteiger partial charge in [0.15, 0.2) is 9.84 Å². The molecule has 0 atom stereocenters. The van der Waals surface area contributed by atoms with Crippen molar-refractivity contribution in [1.29, 1.82) is 0 Å². The van der Waals surface area contributed by atoms with E-state index in [1.54, 1.807) is 13.8 Å². The van der Waals surface area contributed by atoms with Crippen molar-refractivity contribution in [3.05, 3.63) is 29.1 Å². The summed E-state index contributed by atoms with van der Waals surface area (Å²) in [4.78, 5) is 10.6. The predicted octanol–water partition coefficient (Wildman–Crippen LogP) is 2.03. The van der Waals surface area contributed by atoms with E-state index in [1.807, 2.05) is 0 Å². The number of benzene rings is 1. The van der Waals surface area contributed by atoms with Crippen LogP contribution in [-0.4, -0.2) is 38.0 Å². The second kappa shape index (κ2) is 6.32. The highest BCUT2D eigenvalue weighted by molar-refractivity contribution is 7.91. The number of halogens is 1. The summed E-state index contributed by atoms with van der Waals surface area (Å²) in [6.45, 7) is 4.81. The van der Waals surface area contributed by atoms with Gasteiger partial charge in [0.25, 0.3) is 0 Å². The highest BCUT2D eigenvalue weighted by atomic mass is 32.2. The smallest absolute Gasteiger partial charge is 0.335 e. The molecular formula is C13H17FO5S. The number of ether oxygens (including phenoxy) is 1. The minimum Gasteiger partial charge on any atom is -0.478 e. The fourth-order valence-corrected chi connectivity index (χ4v) is 3.01. The zero-order chi connectivity index (χ0) is 15.5. The molecule has 1 rings (SSSR count). The minimum atomic E-state index is -3.79. The Morgan fingerprint density at radius 2 is 2.00 bits per heavy atom. The van der Waals surface area contributed by atoms with Crippen LogP contribution in [0.25, 0.3) is 0 Å². The van der Waals surface area contributed by atoms with Gasteiger partial charge in [-0.05, 0) is 32.9 Å². The van der Waals surface area contributed by atoms with E-state index in [2.05, 4.69) is 0 Å².